The molecule has 0 spiro atoms. The molecule has 5 aromatic rings. The zero-order chi connectivity index (χ0) is 19.8. The molecule has 0 bridgehead atoms. The van der Waals surface area contributed by atoms with Crippen molar-refractivity contribution in [3.8, 4) is 11.5 Å². The normalized spacial score (nSPS) is 11.1. The van der Waals surface area contributed by atoms with Crippen LogP contribution in [-0.2, 0) is 0 Å². The summed E-state index contributed by atoms with van der Waals surface area (Å²) in [5.74, 6) is 0.373. The van der Waals surface area contributed by atoms with Crippen LogP contribution in [0.5, 0.6) is 0 Å². The fraction of sp³-hybridized carbons (Fsp3) is 0.0417. The van der Waals surface area contributed by atoms with Gasteiger partial charge in [-0.15, -0.1) is 0 Å². The SMILES string of the molecule is Cc1cc(-c2nc3ncccc3o2)ccc1NC(=O)c1cccc2ccccc12. The molecule has 3 aromatic carbocycles. The van der Waals surface area contributed by atoms with Crippen LogP contribution in [0.15, 0.2) is 83.4 Å². The van der Waals surface area contributed by atoms with Gasteiger partial charge in [0.15, 0.2) is 11.2 Å². The van der Waals surface area contributed by atoms with Gasteiger partial charge >= 0.3 is 0 Å². The summed E-state index contributed by atoms with van der Waals surface area (Å²) in [6.45, 7) is 1.95. The average molecular weight is 379 g/mol. The maximum Gasteiger partial charge on any atom is 0.256 e. The van der Waals surface area contributed by atoms with Crippen LogP contribution in [0.2, 0.25) is 0 Å². The molecule has 0 atom stereocenters. The number of nitrogens with zero attached hydrogens (tertiary/aromatic N) is 2. The van der Waals surface area contributed by atoms with E-state index < -0.39 is 0 Å². The standard InChI is InChI=1S/C24H17N3O2/c1-15-14-17(24-27-22-21(29-24)10-5-13-25-22)11-12-20(15)26-23(28)19-9-4-7-16-6-2-3-8-18(16)19/h2-14H,1H3,(H,26,28). The fourth-order valence-electron chi connectivity index (χ4n) is 3.44. The van der Waals surface area contributed by atoms with E-state index in [4.69, 9.17) is 4.42 Å². The number of nitrogens with one attached hydrogen (secondary N) is 1. The van der Waals surface area contributed by atoms with Crippen LogP contribution >= 0.6 is 0 Å². The topological polar surface area (TPSA) is 68.0 Å². The second-order valence-corrected chi connectivity index (χ2v) is 6.85. The van der Waals surface area contributed by atoms with E-state index in [0.717, 1.165) is 27.6 Å². The van der Waals surface area contributed by atoms with Gasteiger partial charge in [0, 0.05) is 23.0 Å². The highest BCUT2D eigenvalue weighted by Gasteiger charge is 2.13. The molecule has 5 nitrogen and oxygen atoms in total. The highest BCUT2D eigenvalue weighted by molar-refractivity contribution is 6.13. The lowest BCUT2D eigenvalue weighted by molar-refractivity contribution is 0.102. The van der Waals surface area contributed by atoms with Crippen LogP contribution in [0.1, 0.15) is 15.9 Å². The summed E-state index contributed by atoms with van der Waals surface area (Å²) < 4.78 is 5.79. The van der Waals surface area contributed by atoms with Crippen molar-refractivity contribution < 1.29 is 9.21 Å². The van der Waals surface area contributed by atoms with Crippen molar-refractivity contribution in [1.82, 2.24) is 9.97 Å². The third kappa shape index (κ3) is 3.12. The van der Waals surface area contributed by atoms with Gasteiger partial charge in [-0.05, 0) is 59.7 Å². The first-order valence-corrected chi connectivity index (χ1v) is 9.31. The number of hydrogen-bond acceptors (Lipinski definition) is 4. The molecule has 0 saturated heterocycles. The molecule has 29 heavy (non-hydrogen) atoms. The van der Waals surface area contributed by atoms with Gasteiger partial charge in [0.05, 0.1) is 0 Å². The van der Waals surface area contributed by atoms with Crippen LogP contribution in [0.4, 0.5) is 5.69 Å². The molecule has 0 radical (unpaired) electrons. The Morgan fingerprint density at radius 1 is 0.966 bits per heavy atom. The number of oxazole rings is 1. The van der Waals surface area contributed by atoms with Crippen molar-refractivity contribution in [2.75, 3.05) is 5.32 Å². The number of aromatic nitrogens is 2. The Hall–Kier alpha value is -3.99. The summed E-state index contributed by atoms with van der Waals surface area (Å²) >= 11 is 0. The average Bonchev–Trinajstić information content (AvgIpc) is 3.19. The predicted molar refractivity (Wildman–Crippen MR) is 114 cm³/mol. The summed E-state index contributed by atoms with van der Waals surface area (Å²) in [7, 11) is 0. The minimum Gasteiger partial charge on any atom is -0.434 e. The molecule has 140 valence electrons. The van der Waals surface area contributed by atoms with Crippen molar-refractivity contribution >= 4 is 33.6 Å². The van der Waals surface area contributed by atoms with Crippen molar-refractivity contribution in [2.45, 2.75) is 6.92 Å². The van der Waals surface area contributed by atoms with E-state index in [1.807, 2.05) is 79.7 Å². The number of hydrogen-bond donors (Lipinski definition) is 1. The summed E-state index contributed by atoms with van der Waals surface area (Å²) in [4.78, 5) is 21.5. The van der Waals surface area contributed by atoms with E-state index in [1.54, 1.807) is 6.20 Å². The Bertz CT molecular complexity index is 1330. The number of benzene rings is 3. The molecule has 5 heteroatoms. The highest BCUT2D eigenvalue weighted by Crippen LogP contribution is 2.27. The first-order chi connectivity index (χ1) is 14.2. The molecular weight excluding hydrogens is 362 g/mol. The Kier molecular flexibility index (Phi) is 4.06. The number of carbonyl (C=O) groups is 1. The number of pyridine rings is 1. The molecule has 0 unspecified atom stereocenters. The van der Waals surface area contributed by atoms with E-state index in [2.05, 4.69) is 15.3 Å². The lowest BCUT2D eigenvalue weighted by atomic mass is 10.0. The molecule has 5 rings (SSSR count). The largest absolute Gasteiger partial charge is 0.434 e. The van der Waals surface area contributed by atoms with Crippen molar-refractivity contribution in [2.24, 2.45) is 0 Å². The van der Waals surface area contributed by atoms with E-state index in [0.29, 0.717) is 22.7 Å². The Labute approximate surface area is 167 Å². The van der Waals surface area contributed by atoms with Crippen molar-refractivity contribution in [3.63, 3.8) is 0 Å². The molecule has 1 amide bonds. The number of amides is 1. The van der Waals surface area contributed by atoms with Crippen LogP contribution in [-0.4, -0.2) is 15.9 Å². The lowest BCUT2D eigenvalue weighted by Gasteiger charge is -2.11. The maximum absolute atomic E-state index is 12.9. The molecular formula is C24H17N3O2. The molecule has 0 aliphatic carbocycles. The van der Waals surface area contributed by atoms with E-state index >= 15 is 0 Å². The highest BCUT2D eigenvalue weighted by atomic mass is 16.3. The Balaban J connectivity index is 1.45. The first-order valence-electron chi connectivity index (χ1n) is 9.31. The second-order valence-electron chi connectivity index (χ2n) is 6.85. The number of aryl methyl sites for hydroxylation is 1. The van der Waals surface area contributed by atoms with Gasteiger partial charge < -0.3 is 9.73 Å². The van der Waals surface area contributed by atoms with Crippen LogP contribution in [0, 0.1) is 6.92 Å². The molecule has 0 aliphatic heterocycles. The van der Waals surface area contributed by atoms with E-state index in [1.165, 1.54) is 0 Å². The number of anilines is 1. The van der Waals surface area contributed by atoms with Crippen LogP contribution in [0.3, 0.4) is 0 Å². The molecule has 0 fully saturated rings. The number of carbonyl (C=O) groups excluding carboxylic acids is 1. The Morgan fingerprint density at radius 2 is 1.83 bits per heavy atom. The van der Waals surface area contributed by atoms with Gasteiger partial charge in [0.1, 0.15) is 0 Å². The molecule has 1 N–H and O–H groups in total. The molecule has 0 aliphatic rings. The minimum absolute atomic E-state index is 0.135. The fourth-order valence-corrected chi connectivity index (χ4v) is 3.44. The van der Waals surface area contributed by atoms with Gasteiger partial charge in [0.25, 0.3) is 5.91 Å². The Morgan fingerprint density at radius 3 is 2.69 bits per heavy atom. The lowest BCUT2D eigenvalue weighted by Crippen LogP contribution is -2.13. The van der Waals surface area contributed by atoms with E-state index in [9.17, 15) is 4.79 Å². The third-order valence-corrected chi connectivity index (χ3v) is 4.92. The number of fused-ring (bicyclic) bond motifs is 2. The summed E-state index contributed by atoms with van der Waals surface area (Å²) in [5, 5.41) is 4.99. The monoisotopic (exact) mass is 379 g/mol. The maximum atomic E-state index is 12.9. The zero-order valence-electron chi connectivity index (χ0n) is 15.7. The second kappa shape index (κ2) is 6.87. The minimum atomic E-state index is -0.135. The zero-order valence-corrected chi connectivity index (χ0v) is 15.7. The molecule has 0 saturated carbocycles. The summed E-state index contributed by atoms with van der Waals surface area (Å²) in [5.41, 5.74) is 4.38. The molecule has 2 aromatic heterocycles. The van der Waals surface area contributed by atoms with Gasteiger partial charge in [-0.3, -0.25) is 4.79 Å². The summed E-state index contributed by atoms with van der Waals surface area (Å²) in [6, 6.07) is 23.0. The van der Waals surface area contributed by atoms with Gasteiger partial charge in [-0.25, -0.2) is 4.98 Å². The predicted octanol–water partition coefficient (Wildman–Crippen LogP) is 5.60. The quantitative estimate of drug-likeness (QED) is 0.443. The van der Waals surface area contributed by atoms with Gasteiger partial charge in [-0.2, -0.15) is 4.98 Å². The molecule has 2 heterocycles. The van der Waals surface area contributed by atoms with Gasteiger partial charge in [-0.1, -0.05) is 36.4 Å². The smallest absolute Gasteiger partial charge is 0.256 e. The third-order valence-electron chi connectivity index (χ3n) is 4.92. The van der Waals surface area contributed by atoms with E-state index in [-0.39, 0.29) is 5.91 Å². The van der Waals surface area contributed by atoms with Crippen LogP contribution < -0.4 is 5.32 Å². The van der Waals surface area contributed by atoms with Crippen LogP contribution in [0.25, 0.3) is 33.5 Å². The first kappa shape index (κ1) is 17.1. The van der Waals surface area contributed by atoms with Crippen molar-refractivity contribution in [3.05, 3.63) is 90.1 Å². The summed E-state index contributed by atoms with van der Waals surface area (Å²) in [6.07, 6.45) is 1.69. The number of rotatable bonds is 3. The van der Waals surface area contributed by atoms with Crippen molar-refractivity contribution in [1.29, 1.82) is 0 Å². The van der Waals surface area contributed by atoms with Gasteiger partial charge in [0.2, 0.25) is 5.89 Å².